The zero-order valence-electron chi connectivity index (χ0n) is 21.0. The van der Waals surface area contributed by atoms with Crippen LogP contribution in [0.1, 0.15) is 22.5 Å². The van der Waals surface area contributed by atoms with E-state index in [1.165, 1.54) is 6.26 Å². The van der Waals surface area contributed by atoms with E-state index < -0.39 is 23.8 Å². The van der Waals surface area contributed by atoms with Crippen LogP contribution in [0, 0.1) is 0 Å². The number of hydrogen-bond acceptors (Lipinski definition) is 9. The van der Waals surface area contributed by atoms with Gasteiger partial charge in [0.05, 0.1) is 35.5 Å². The zero-order chi connectivity index (χ0) is 28.4. The molecule has 3 N–H and O–H groups in total. The van der Waals surface area contributed by atoms with Gasteiger partial charge in [0.15, 0.2) is 5.69 Å². The molecule has 206 valence electrons. The molecule has 1 atom stereocenters. The molecule has 3 aromatic heterocycles. The van der Waals surface area contributed by atoms with Crippen molar-refractivity contribution in [1.29, 1.82) is 0 Å². The number of aliphatic imine (C=N–C) groups is 1. The number of carbonyl (C=O) groups excluding carboxylic acids is 1. The minimum atomic E-state index is -4.62. The molecular weight excluding hydrogens is 539 g/mol. The lowest BCUT2D eigenvalue weighted by Gasteiger charge is -2.12. The van der Waals surface area contributed by atoms with Crippen LogP contribution in [0.5, 0.6) is 0 Å². The van der Waals surface area contributed by atoms with Crippen molar-refractivity contribution in [3.8, 4) is 11.6 Å². The molecular formula is C28H20F3N7O3. The first-order valence-corrected chi connectivity index (χ1v) is 12.3. The van der Waals surface area contributed by atoms with Crippen LogP contribution >= 0.6 is 0 Å². The molecule has 10 nitrogen and oxygen atoms in total. The summed E-state index contributed by atoms with van der Waals surface area (Å²) in [5.74, 6) is -0.155. The van der Waals surface area contributed by atoms with Crippen LogP contribution in [0.4, 0.5) is 30.6 Å². The van der Waals surface area contributed by atoms with Gasteiger partial charge in [-0.15, -0.1) is 5.10 Å². The van der Waals surface area contributed by atoms with Gasteiger partial charge in [-0.2, -0.15) is 13.2 Å². The smallest absolute Gasteiger partial charge is 0.417 e. The highest BCUT2D eigenvalue weighted by molar-refractivity contribution is 6.19. The Kier molecular flexibility index (Phi) is 6.67. The number of hydrogen-bond donors (Lipinski definition) is 3. The number of benzene rings is 2. The third-order valence-corrected chi connectivity index (χ3v) is 6.13. The number of aromatic nitrogens is 3. The SMILES string of the molecule is O=C1Nc2ccccc2C(c2ccccc2)=N[C@@H]1Nc1nnc(-c2ncc(C(F)(F)F)cc2NCc2ccco2)o1. The van der Waals surface area contributed by atoms with E-state index in [0.29, 0.717) is 23.4 Å². The van der Waals surface area contributed by atoms with Crippen molar-refractivity contribution < 1.29 is 26.8 Å². The third-order valence-electron chi connectivity index (χ3n) is 6.13. The maximum Gasteiger partial charge on any atom is 0.417 e. The molecule has 1 amide bonds. The standard InChI is InChI=1S/C28H20F3N7O3/c29-28(30,31)17-13-21(32-15-18-9-6-12-40-18)23(33-14-17)26-37-38-27(41-26)36-24-25(39)34-20-11-5-4-10-19(20)22(35-24)16-7-2-1-3-8-16/h1-14,24,32H,15H2,(H,34,39)(H,36,38)/t24-/m1/s1. The van der Waals surface area contributed by atoms with Gasteiger partial charge >= 0.3 is 12.2 Å². The van der Waals surface area contributed by atoms with Gasteiger partial charge in [0.1, 0.15) is 5.76 Å². The minimum absolute atomic E-state index is 0.00142. The summed E-state index contributed by atoms with van der Waals surface area (Å²) >= 11 is 0. The summed E-state index contributed by atoms with van der Waals surface area (Å²) in [6.45, 7) is 0.0853. The molecule has 1 aliphatic heterocycles. The molecule has 6 rings (SSSR count). The molecule has 0 bridgehead atoms. The van der Waals surface area contributed by atoms with Crippen molar-refractivity contribution in [2.24, 2.45) is 4.99 Å². The number of nitrogens with one attached hydrogen (secondary N) is 3. The average Bonchev–Trinajstić information content (AvgIpc) is 3.64. The molecule has 0 aliphatic carbocycles. The van der Waals surface area contributed by atoms with Crippen LogP contribution < -0.4 is 16.0 Å². The number of amides is 1. The number of pyridine rings is 1. The van der Waals surface area contributed by atoms with Crippen LogP contribution in [0.3, 0.4) is 0 Å². The summed E-state index contributed by atoms with van der Waals surface area (Å²) in [6.07, 6.45) is -3.65. The van der Waals surface area contributed by atoms with Gasteiger partial charge in [0.2, 0.25) is 6.17 Å². The number of anilines is 3. The maximum absolute atomic E-state index is 13.4. The molecule has 0 spiro atoms. The molecule has 13 heteroatoms. The van der Waals surface area contributed by atoms with Crippen LogP contribution in [-0.4, -0.2) is 33.0 Å². The number of furan rings is 1. The Hall–Kier alpha value is -5.46. The van der Waals surface area contributed by atoms with Gasteiger partial charge in [-0.25, -0.2) is 9.98 Å². The van der Waals surface area contributed by atoms with E-state index in [4.69, 9.17) is 8.83 Å². The lowest BCUT2D eigenvalue weighted by atomic mass is 10.0. The van der Waals surface area contributed by atoms with E-state index in [0.717, 1.165) is 17.2 Å². The second-order valence-electron chi connectivity index (χ2n) is 8.89. The van der Waals surface area contributed by atoms with E-state index in [2.05, 4.69) is 36.1 Å². The Labute approximate surface area is 230 Å². The number of carbonyl (C=O) groups is 1. The lowest BCUT2D eigenvalue weighted by Crippen LogP contribution is -2.32. The number of rotatable bonds is 7. The number of nitrogens with zero attached hydrogens (tertiary/aromatic N) is 4. The van der Waals surface area contributed by atoms with Gasteiger partial charge in [-0.1, -0.05) is 53.6 Å². The Bertz CT molecular complexity index is 1720. The highest BCUT2D eigenvalue weighted by Crippen LogP contribution is 2.35. The minimum Gasteiger partial charge on any atom is -0.467 e. The largest absolute Gasteiger partial charge is 0.467 e. The molecule has 0 saturated heterocycles. The monoisotopic (exact) mass is 559 g/mol. The third kappa shape index (κ3) is 5.50. The Morgan fingerprint density at radius 1 is 0.976 bits per heavy atom. The van der Waals surface area contributed by atoms with E-state index in [-0.39, 0.29) is 29.8 Å². The highest BCUT2D eigenvalue weighted by atomic mass is 19.4. The van der Waals surface area contributed by atoms with Gasteiger partial charge in [-0.3, -0.25) is 4.79 Å². The van der Waals surface area contributed by atoms with Gasteiger partial charge in [0, 0.05) is 17.3 Å². The Balaban J connectivity index is 1.31. The molecule has 4 heterocycles. The lowest BCUT2D eigenvalue weighted by molar-refractivity contribution is -0.137. The highest BCUT2D eigenvalue weighted by Gasteiger charge is 2.33. The number of para-hydroxylation sites is 1. The zero-order valence-corrected chi connectivity index (χ0v) is 21.0. The van der Waals surface area contributed by atoms with Gasteiger partial charge in [0.25, 0.3) is 11.8 Å². The van der Waals surface area contributed by atoms with Gasteiger partial charge in [-0.05, 0) is 24.3 Å². The van der Waals surface area contributed by atoms with Crippen molar-refractivity contribution in [1.82, 2.24) is 15.2 Å². The maximum atomic E-state index is 13.4. The Morgan fingerprint density at radius 3 is 2.56 bits per heavy atom. The average molecular weight is 560 g/mol. The van der Waals surface area contributed by atoms with Crippen molar-refractivity contribution in [2.45, 2.75) is 18.9 Å². The van der Waals surface area contributed by atoms with Crippen molar-refractivity contribution in [3.05, 3.63) is 108 Å². The fourth-order valence-corrected chi connectivity index (χ4v) is 4.20. The fourth-order valence-electron chi connectivity index (χ4n) is 4.20. The van der Waals surface area contributed by atoms with Crippen LogP contribution in [-0.2, 0) is 17.5 Å². The molecule has 1 aliphatic rings. The van der Waals surface area contributed by atoms with E-state index in [1.807, 2.05) is 42.5 Å². The summed E-state index contributed by atoms with van der Waals surface area (Å²) in [4.78, 5) is 21.7. The summed E-state index contributed by atoms with van der Waals surface area (Å²) in [5, 5.41) is 16.4. The Morgan fingerprint density at radius 2 is 1.78 bits per heavy atom. The van der Waals surface area contributed by atoms with Crippen molar-refractivity contribution in [2.75, 3.05) is 16.0 Å². The summed E-state index contributed by atoms with van der Waals surface area (Å²) < 4.78 is 51.2. The second-order valence-corrected chi connectivity index (χ2v) is 8.89. The van der Waals surface area contributed by atoms with E-state index in [9.17, 15) is 18.0 Å². The second kappa shape index (κ2) is 10.6. The topological polar surface area (TPSA) is 130 Å². The predicted octanol–water partition coefficient (Wildman–Crippen LogP) is 5.58. The summed E-state index contributed by atoms with van der Waals surface area (Å²) in [7, 11) is 0. The molecule has 41 heavy (non-hydrogen) atoms. The number of halogens is 3. The van der Waals surface area contributed by atoms with Crippen LogP contribution in [0.25, 0.3) is 11.6 Å². The molecule has 0 fully saturated rings. The fraction of sp³-hybridized carbons (Fsp3) is 0.107. The summed E-state index contributed by atoms with van der Waals surface area (Å²) in [5.41, 5.74) is 1.68. The molecule has 0 radical (unpaired) electrons. The van der Waals surface area contributed by atoms with Crippen LogP contribution in [0.15, 0.2) is 99.1 Å². The first kappa shape index (κ1) is 25.8. The summed E-state index contributed by atoms with van der Waals surface area (Å²) in [6, 6.07) is 20.7. The number of fused-ring (bicyclic) bond motifs is 1. The first-order valence-electron chi connectivity index (χ1n) is 12.3. The quantitative estimate of drug-likeness (QED) is 0.236. The first-order chi connectivity index (χ1) is 19.8. The molecule has 0 saturated carbocycles. The normalized spacial score (nSPS) is 15.0. The van der Waals surface area contributed by atoms with Crippen LogP contribution in [0.2, 0.25) is 0 Å². The number of benzodiazepines with no additional fused rings is 1. The van der Waals surface area contributed by atoms with E-state index in [1.54, 1.807) is 24.3 Å². The van der Waals surface area contributed by atoms with E-state index >= 15 is 0 Å². The molecule has 2 aromatic carbocycles. The molecule has 5 aromatic rings. The van der Waals surface area contributed by atoms with Crippen molar-refractivity contribution >= 4 is 29.0 Å². The van der Waals surface area contributed by atoms with Gasteiger partial charge < -0.3 is 24.8 Å². The predicted molar refractivity (Wildman–Crippen MR) is 143 cm³/mol. The molecule has 0 unspecified atom stereocenters. The van der Waals surface area contributed by atoms with Crippen molar-refractivity contribution in [3.63, 3.8) is 0 Å². The number of alkyl halides is 3.